The molecule has 1 atom stereocenters. The number of esters is 2. The number of carbonyl (C=O) groups excluding carboxylic acids is 4. The van der Waals surface area contributed by atoms with Crippen LogP contribution in [0.3, 0.4) is 0 Å². The summed E-state index contributed by atoms with van der Waals surface area (Å²) in [4.78, 5) is 50.9. The van der Waals surface area contributed by atoms with Gasteiger partial charge in [-0.25, -0.2) is 9.59 Å². The standard InChI is InChI=1S/C23H24N2O7/c1-4-32-17-8-6-16(7-9-17)25-13-15(12-20(25)26)21(27)24-19-11-14(22(28)30-2)5-10-18(19)23(29)31-3/h5-11,15H,4,12-13H2,1-3H3,(H,24,27)/t15-/m0/s1. The van der Waals surface area contributed by atoms with Gasteiger partial charge >= 0.3 is 11.9 Å². The minimum atomic E-state index is -0.671. The molecule has 1 heterocycles. The molecule has 0 radical (unpaired) electrons. The van der Waals surface area contributed by atoms with Crippen molar-refractivity contribution in [2.24, 2.45) is 5.92 Å². The van der Waals surface area contributed by atoms with E-state index in [2.05, 4.69) is 5.32 Å². The van der Waals surface area contributed by atoms with E-state index >= 15 is 0 Å². The molecule has 0 bridgehead atoms. The van der Waals surface area contributed by atoms with Gasteiger partial charge in [-0.05, 0) is 49.4 Å². The summed E-state index contributed by atoms with van der Waals surface area (Å²) < 4.78 is 14.9. The van der Waals surface area contributed by atoms with Crippen molar-refractivity contribution in [3.8, 4) is 5.75 Å². The number of ether oxygens (including phenoxy) is 3. The fraction of sp³-hybridized carbons (Fsp3) is 0.304. The maximum absolute atomic E-state index is 12.9. The SMILES string of the molecule is CCOc1ccc(N2C[C@@H](C(=O)Nc3cc(C(=O)OC)ccc3C(=O)OC)CC2=O)cc1. The van der Waals surface area contributed by atoms with E-state index in [1.807, 2.05) is 6.92 Å². The Bertz CT molecular complexity index is 1030. The van der Waals surface area contributed by atoms with Gasteiger partial charge in [-0.1, -0.05) is 0 Å². The summed E-state index contributed by atoms with van der Waals surface area (Å²) in [5.41, 5.74) is 1.02. The Balaban J connectivity index is 1.77. The lowest BCUT2D eigenvalue weighted by molar-refractivity contribution is -0.122. The van der Waals surface area contributed by atoms with Crippen molar-refractivity contribution in [1.82, 2.24) is 0 Å². The molecule has 1 aliphatic heterocycles. The van der Waals surface area contributed by atoms with Crippen LogP contribution in [0.2, 0.25) is 0 Å². The van der Waals surface area contributed by atoms with Crippen LogP contribution in [0.15, 0.2) is 42.5 Å². The topological polar surface area (TPSA) is 111 Å². The van der Waals surface area contributed by atoms with E-state index in [1.54, 1.807) is 24.3 Å². The molecule has 9 nitrogen and oxygen atoms in total. The van der Waals surface area contributed by atoms with Gasteiger partial charge < -0.3 is 24.4 Å². The average Bonchev–Trinajstić information content (AvgIpc) is 3.20. The second-order valence-corrected chi connectivity index (χ2v) is 7.07. The number of hydrogen-bond acceptors (Lipinski definition) is 7. The van der Waals surface area contributed by atoms with E-state index < -0.39 is 23.8 Å². The first-order chi connectivity index (χ1) is 15.4. The number of anilines is 2. The van der Waals surface area contributed by atoms with Crippen LogP contribution in [-0.4, -0.2) is 51.1 Å². The van der Waals surface area contributed by atoms with Crippen LogP contribution < -0.4 is 15.0 Å². The Kier molecular flexibility index (Phi) is 7.09. The number of carbonyl (C=O) groups is 4. The van der Waals surface area contributed by atoms with Crippen LogP contribution in [0, 0.1) is 5.92 Å². The maximum Gasteiger partial charge on any atom is 0.339 e. The number of hydrogen-bond donors (Lipinski definition) is 1. The number of benzene rings is 2. The van der Waals surface area contributed by atoms with Crippen molar-refractivity contribution in [2.75, 3.05) is 37.6 Å². The Labute approximate surface area is 185 Å². The zero-order valence-corrected chi connectivity index (χ0v) is 18.0. The van der Waals surface area contributed by atoms with E-state index in [-0.39, 0.29) is 35.7 Å². The molecule has 3 rings (SSSR count). The molecule has 9 heteroatoms. The number of amides is 2. The van der Waals surface area contributed by atoms with Gasteiger partial charge in [-0.3, -0.25) is 9.59 Å². The largest absolute Gasteiger partial charge is 0.494 e. The second-order valence-electron chi connectivity index (χ2n) is 7.07. The number of nitrogens with zero attached hydrogens (tertiary/aromatic N) is 1. The average molecular weight is 440 g/mol. The molecule has 32 heavy (non-hydrogen) atoms. The summed E-state index contributed by atoms with van der Waals surface area (Å²) in [7, 11) is 2.45. The molecular formula is C23H24N2O7. The van der Waals surface area contributed by atoms with Gasteiger partial charge in [0.25, 0.3) is 0 Å². The summed E-state index contributed by atoms with van der Waals surface area (Å²) in [6, 6.07) is 11.2. The van der Waals surface area contributed by atoms with Gasteiger partial charge in [0.05, 0.1) is 43.6 Å². The van der Waals surface area contributed by atoms with E-state index in [0.29, 0.717) is 18.0 Å². The molecule has 0 unspecified atom stereocenters. The molecule has 0 aliphatic carbocycles. The molecule has 2 amide bonds. The van der Waals surface area contributed by atoms with Crippen molar-refractivity contribution in [2.45, 2.75) is 13.3 Å². The minimum absolute atomic E-state index is 0.0172. The smallest absolute Gasteiger partial charge is 0.339 e. The lowest BCUT2D eigenvalue weighted by Gasteiger charge is -2.18. The van der Waals surface area contributed by atoms with E-state index in [0.717, 1.165) is 0 Å². The second kappa shape index (κ2) is 9.95. The van der Waals surface area contributed by atoms with Crippen LogP contribution in [-0.2, 0) is 19.1 Å². The Morgan fingerprint density at radius 2 is 1.72 bits per heavy atom. The van der Waals surface area contributed by atoms with Gasteiger partial charge in [0, 0.05) is 18.7 Å². The number of methoxy groups -OCH3 is 2. The molecule has 2 aromatic carbocycles. The lowest BCUT2D eigenvalue weighted by atomic mass is 10.1. The third-order valence-electron chi connectivity index (χ3n) is 5.06. The van der Waals surface area contributed by atoms with Crippen LogP contribution in [0.25, 0.3) is 0 Å². The highest BCUT2D eigenvalue weighted by Crippen LogP contribution is 2.28. The highest BCUT2D eigenvalue weighted by Gasteiger charge is 2.35. The number of rotatable bonds is 7. The van der Waals surface area contributed by atoms with Crippen LogP contribution >= 0.6 is 0 Å². The van der Waals surface area contributed by atoms with Crippen LogP contribution in [0.5, 0.6) is 5.75 Å². The molecule has 2 aromatic rings. The summed E-state index contributed by atoms with van der Waals surface area (Å²) in [5.74, 6) is -1.87. The first-order valence-corrected chi connectivity index (χ1v) is 10.0. The van der Waals surface area contributed by atoms with E-state index in [9.17, 15) is 19.2 Å². The molecule has 1 N–H and O–H groups in total. The highest BCUT2D eigenvalue weighted by atomic mass is 16.5. The third kappa shape index (κ3) is 4.88. The van der Waals surface area contributed by atoms with Crippen molar-refractivity contribution >= 4 is 35.1 Å². The first kappa shape index (κ1) is 22.8. The van der Waals surface area contributed by atoms with Crippen LogP contribution in [0.1, 0.15) is 34.1 Å². The third-order valence-corrected chi connectivity index (χ3v) is 5.06. The monoisotopic (exact) mass is 440 g/mol. The Morgan fingerprint density at radius 3 is 2.34 bits per heavy atom. The molecule has 0 saturated carbocycles. The van der Waals surface area contributed by atoms with Gasteiger partial charge in [0.15, 0.2) is 0 Å². The van der Waals surface area contributed by atoms with E-state index in [1.165, 1.54) is 37.3 Å². The summed E-state index contributed by atoms with van der Waals surface area (Å²) >= 11 is 0. The van der Waals surface area contributed by atoms with Gasteiger partial charge in [0.1, 0.15) is 5.75 Å². The lowest BCUT2D eigenvalue weighted by Crippen LogP contribution is -2.28. The first-order valence-electron chi connectivity index (χ1n) is 10.0. The molecule has 1 fully saturated rings. The predicted octanol–water partition coefficient (Wildman–Crippen LogP) is 2.65. The molecule has 0 aromatic heterocycles. The minimum Gasteiger partial charge on any atom is -0.494 e. The summed E-state index contributed by atoms with van der Waals surface area (Å²) in [5, 5.41) is 2.66. The van der Waals surface area contributed by atoms with Gasteiger partial charge in [-0.15, -0.1) is 0 Å². The number of nitrogens with one attached hydrogen (secondary N) is 1. The molecular weight excluding hydrogens is 416 g/mol. The van der Waals surface area contributed by atoms with Crippen molar-refractivity contribution in [3.05, 3.63) is 53.6 Å². The molecule has 0 spiro atoms. The quantitative estimate of drug-likeness (QED) is 0.659. The highest BCUT2D eigenvalue weighted by molar-refractivity contribution is 6.07. The van der Waals surface area contributed by atoms with Crippen molar-refractivity contribution < 1.29 is 33.4 Å². The van der Waals surface area contributed by atoms with E-state index in [4.69, 9.17) is 14.2 Å². The van der Waals surface area contributed by atoms with Crippen molar-refractivity contribution in [3.63, 3.8) is 0 Å². The normalized spacial score (nSPS) is 15.3. The Hall–Kier alpha value is -3.88. The van der Waals surface area contributed by atoms with Crippen LogP contribution in [0.4, 0.5) is 11.4 Å². The zero-order chi connectivity index (χ0) is 23.3. The fourth-order valence-corrected chi connectivity index (χ4v) is 3.44. The maximum atomic E-state index is 12.9. The van der Waals surface area contributed by atoms with Gasteiger partial charge in [0.2, 0.25) is 11.8 Å². The Morgan fingerprint density at radius 1 is 1.03 bits per heavy atom. The zero-order valence-electron chi connectivity index (χ0n) is 18.0. The molecule has 168 valence electrons. The van der Waals surface area contributed by atoms with Gasteiger partial charge in [-0.2, -0.15) is 0 Å². The summed E-state index contributed by atoms with van der Waals surface area (Å²) in [6.45, 7) is 2.60. The molecule has 1 saturated heterocycles. The van der Waals surface area contributed by atoms with Crippen molar-refractivity contribution in [1.29, 1.82) is 0 Å². The molecule has 1 aliphatic rings. The fourth-order valence-electron chi connectivity index (χ4n) is 3.44. The summed E-state index contributed by atoms with van der Waals surface area (Å²) in [6.07, 6.45) is 0.0172. The predicted molar refractivity (Wildman–Crippen MR) is 116 cm³/mol.